The molecule has 1 nitrogen and oxygen atoms in total. The Hall–Kier alpha value is -1.24. The second-order valence-electron chi connectivity index (χ2n) is 2.38. The summed E-state index contributed by atoms with van der Waals surface area (Å²) >= 11 is 0. The van der Waals surface area contributed by atoms with E-state index < -0.39 is 0 Å². The van der Waals surface area contributed by atoms with Crippen LogP contribution in [-0.4, -0.2) is 7.05 Å². The molecule has 1 heteroatoms. The lowest BCUT2D eigenvalue weighted by atomic mass is 10.2. The summed E-state index contributed by atoms with van der Waals surface area (Å²) in [5.74, 6) is 0. The van der Waals surface area contributed by atoms with Crippen molar-refractivity contribution in [3.8, 4) is 0 Å². The number of hydrogen-bond acceptors (Lipinski definition) is 1. The van der Waals surface area contributed by atoms with Crippen molar-refractivity contribution in [3.63, 3.8) is 0 Å². The van der Waals surface area contributed by atoms with Crippen molar-refractivity contribution in [2.24, 2.45) is 0 Å². The van der Waals surface area contributed by atoms with E-state index >= 15 is 0 Å². The van der Waals surface area contributed by atoms with Crippen LogP contribution in [0, 0.1) is 0 Å². The van der Waals surface area contributed by atoms with Crippen LogP contribution < -0.4 is 5.32 Å². The molecule has 1 rings (SSSR count). The van der Waals surface area contributed by atoms with Crippen molar-refractivity contribution in [2.45, 2.75) is 6.92 Å². The summed E-state index contributed by atoms with van der Waals surface area (Å²) in [6, 6.07) is 8.29. The lowest BCUT2D eigenvalue weighted by Crippen LogP contribution is -1.86. The summed E-state index contributed by atoms with van der Waals surface area (Å²) in [6.45, 7) is 2.02. The second-order valence-corrected chi connectivity index (χ2v) is 2.38. The summed E-state index contributed by atoms with van der Waals surface area (Å²) in [6.07, 6.45) is 4.12. The standard InChI is InChI=1S/C10H13N/c1-3-5-9-6-4-7-10(8-9)11-2/h3-8,11H,1-2H3/b5-3+. The van der Waals surface area contributed by atoms with Crippen LogP contribution in [0.4, 0.5) is 5.69 Å². The van der Waals surface area contributed by atoms with Gasteiger partial charge in [0.05, 0.1) is 0 Å². The van der Waals surface area contributed by atoms with Crippen molar-refractivity contribution in [1.82, 2.24) is 0 Å². The highest BCUT2D eigenvalue weighted by atomic mass is 14.8. The number of anilines is 1. The SMILES string of the molecule is C/C=C/c1cccc(NC)c1. The van der Waals surface area contributed by atoms with Crippen LogP contribution in [0.2, 0.25) is 0 Å². The fraction of sp³-hybridized carbons (Fsp3) is 0.200. The van der Waals surface area contributed by atoms with Gasteiger partial charge in [-0.15, -0.1) is 0 Å². The molecule has 0 amide bonds. The highest BCUT2D eigenvalue weighted by Gasteiger charge is 1.87. The quantitative estimate of drug-likeness (QED) is 0.678. The summed E-state index contributed by atoms with van der Waals surface area (Å²) in [5.41, 5.74) is 2.39. The van der Waals surface area contributed by atoms with Crippen LogP contribution in [0.1, 0.15) is 12.5 Å². The zero-order valence-electron chi connectivity index (χ0n) is 6.96. The monoisotopic (exact) mass is 147 g/mol. The second kappa shape index (κ2) is 3.81. The lowest BCUT2D eigenvalue weighted by Gasteiger charge is -1.99. The summed E-state index contributed by atoms with van der Waals surface area (Å²) in [7, 11) is 1.93. The lowest BCUT2D eigenvalue weighted by molar-refractivity contribution is 1.50. The molecule has 1 aromatic carbocycles. The topological polar surface area (TPSA) is 12.0 Å². The number of rotatable bonds is 2. The Morgan fingerprint density at radius 3 is 2.82 bits per heavy atom. The van der Waals surface area contributed by atoms with E-state index in [1.807, 2.05) is 32.2 Å². The molecule has 0 atom stereocenters. The van der Waals surface area contributed by atoms with Crippen LogP contribution in [0.15, 0.2) is 30.3 Å². The average molecular weight is 147 g/mol. The Bertz CT molecular complexity index is 251. The van der Waals surface area contributed by atoms with Crippen LogP contribution >= 0.6 is 0 Å². The maximum atomic E-state index is 3.09. The molecule has 0 aromatic heterocycles. The molecule has 0 unspecified atom stereocenters. The molecule has 0 heterocycles. The Labute approximate surface area is 67.8 Å². The largest absolute Gasteiger partial charge is 0.388 e. The van der Waals surface area contributed by atoms with E-state index in [2.05, 4.69) is 23.5 Å². The van der Waals surface area contributed by atoms with Crippen LogP contribution in [0.5, 0.6) is 0 Å². The van der Waals surface area contributed by atoms with Crippen molar-refractivity contribution in [2.75, 3.05) is 12.4 Å². The van der Waals surface area contributed by atoms with E-state index in [1.165, 1.54) is 5.56 Å². The van der Waals surface area contributed by atoms with Crippen LogP contribution in [-0.2, 0) is 0 Å². The molecular weight excluding hydrogens is 134 g/mol. The molecule has 0 radical (unpaired) electrons. The molecule has 0 fully saturated rings. The summed E-state index contributed by atoms with van der Waals surface area (Å²) < 4.78 is 0. The molecule has 0 saturated heterocycles. The maximum absolute atomic E-state index is 3.09. The van der Waals surface area contributed by atoms with Crippen LogP contribution in [0.3, 0.4) is 0 Å². The minimum atomic E-state index is 1.15. The van der Waals surface area contributed by atoms with Gasteiger partial charge in [0.15, 0.2) is 0 Å². The third kappa shape index (κ3) is 2.11. The van der Waals surface area contributed by atoms with E-state index in [4.69, 9.17) is 0 Å². The van der Waals surface area contributed by atoms with Gasteiger partial charge in [0.1, 0.15) is 0 Å². The van der Waals surface area contributed by atoms with E-state index in [0.717, 1.165) is 5.69 Å². The van der Waals surface area contributed by atoms with Gasteiger partial charge < -0.3 is 5.32 Å². The van der Waals surface area contributed by atoms with Crippen LogP contribution in [0.25, 0.3) is 6.08 Å². The maximum Gasteiger partial charge on any atom is 0.0343 e. The molecule has 1 N–H and O–H groups in total. The Balaban J connectivity index is 2.91. The van der Waals surface area contributed by atoms with Gasteiger partial charge >= 0.3 is 0 Å². The van der Waals surface area contributed by atoms with E-state index in [0.29, 0.717) is 0 Å². The van der Waals surface area contributed by atoms with E-state index in [-0.39, 0.29) is 0 Å². The molecular formula is C10H13N. The third-order valence-electron chi connectivity index (χ3n) is 1.53. The Kier molecular flexibility index (Phi) is 2.73. The summed E-state index contributed by atoms with van der Waals surface area (Å²) in [5, 5.41) is 3.09. The van der Waals surface area contributed by atoms with E-state index in [1.54, 1.807) is 0 Å². The number of nitrogens with one attached hydrogen (secondary N) is 1. The molecule has 0 bridgehead atoms. The highest BCUT2D eigenvalue weighted by Crippen LogP contribution is 2.10. The van der Waals surface area contributed by atoms with Gasteiger partial charge in [-0.1, -0.05) is 24.3 Å². The minimum absolute atomic E-state index is 1.15. The molecule has 1 aromatic rings. The zero-order chi connectivity index (χ0) is 8.10. The fourth-order valence-corrected chi connectivity index (χ4v) is 0.990. The van der Waals surface area contributed by atoms with Gasteiger partial charge in [-0.25, -0.2) is 0 Å². The van der Waals surface area contributed by atoms with Crippen molar-refractivity contribution >= 4 is 11.8 Å². The minimum Gasteiger partial charge on any atom is -0.388 e. The molecule has 0 aliphatic rings. The Morgan fingerprint density at radius 1 is 1.36 bits per heavy atom. The molecule has 58 valence electrons. The molecule has 0 aliphatic carbocycles. The first-order chi connectivity index (χ1) is 5.36. The third-order valence-corrected chi connectivity index (χ3v) is 1.53. The molecule has 0 spiro atoms. The van der Waals surface area contributed by atoms with Crippen molar-refractivity contribution in [1.29, 1.82) is 0 Å². The fourth-order valence-electron chi connectivity index (χ4n) is 0.990. The van der Waals surface area contributed by atoms with Crippen molar-refractivity contribution in [3.05, 3.63) is 35.9 Å². The molecule has 0 saturated carbocycles. The van der Waals surface area contributed by atoms with Crippen molar-refractivity contribution < 1.29 is 0 Å². The van der Waals surface area contributed by atoms with Gasteiger partial charge in [-0.2, -0.15) is 0 Å². The van der Waals surface area contributed by atoms with Gasteiger partial charge in [-0.05, 0) is 24.6 Å². The first-order valence-corrected chi connectivity index (χ1v) is 3.77. The predicted molar refractivity (Wildman–Crippen MR) is 50.7 cm³/mol. The molecule has 11 heavy (non-hydrogen) atoms. The first-order valence-electron chi connectivity index (χ1n) is 3.77. The first kappa shape index (κ1) is 7.86. The van der Waals surface area contributed by atoms with Gasteiger partial charge in [0.2, 0.25) is 0 Å². The predicted octanol–water partition coefficient (Wildman–Crippen LogP) is 2.76. The Morgan fingerprint density at radius 2 is 2.18 bits per heavy atom. The smallest absolute Gasteiger partial charge is 0.0343 e. The van der Waals surface area contributed by atoms with Gasteiger partial charge in [-0.3, -0.25) is 0 Å². The normalized spacial score (nSPS) is 10.4. The van der Waals surface area contributed by atoms with E-state index in [9.17, 15) is 0 Å². The number of benzene rings is 1. The average Bonchev–Trinajstić information content (AvgIpc) is 2.06. The van der Waals surface area contributed by atoms with Gasteiger partial charge in [0.25, 0.3) is 0 Å². The number of hydrogen-bond donors (Lipinski definition) is 1. The zero-order valence-corrected chi connectivity index (χ0v) is 6.96. The number of allylic oxidation sites excluding steroid dienone is 1. The molecule has 0 aliphatic heterocycles. The highest BCUT2D eigenvalue weighted by molar-refractivity contribution is 5.56. The summed E-state index contributed by atoms with van der Waals surface area (Å²) in [4.78, 5) is 0. The van der Waals surface area contributed by atoms with Gasteiger partial charge in [0, 0.05) is 12.7 Å².